The lowest BCUT2D eigenvalue weighted by Crippen LogP contribution is -2.62. The number of anilines is 1. The Labute approximate surface area is 204 Å². The quantitative estimate of drug-likeness (QED) is 0.353. The molecular weight excluding hydrogens is 520 g/mol. The molecule has 36 heavy (non-hydrogen) atoms. The fraction of sp³-hybridized carbons (Fsp3) is 0.208. The smallest absolute Gasteiger partial charge is 0.369 e. The van der Waals surface area contributed by atoms with E-state index in [1.165, 1.54) is 48.5 Å². The molecule has 1 aliphatic rings. The maximum absolute atomic E-state index is 15.3. The number of nitrogens with zero attached hydrogens (tertiary/aromatic N) is 2. The fourth-order valence-corrected chi connectivity index (χ4v) is 4.16. The summed E-state index contributed by atoms with van der Waals surface area (Å²) in [7, 11) is 0. The van der Waals surface area contributed by atoms with Crippen molar-refractivity contribution >= 4 is 23.0 Å². The number of rotatable bonds is 4. The number of halogens is 9. The molecule has 4 rings (SSSR count). The average Bonchev–Trinajstić information content (AvgIpc) is 3.22. The molecule has 1 aliphatic heterocycles. The molecule has 3 aromatic rings. The molecular formula is C24H15ClF8N2O. The van der Waals surface area contributed by atoms with Gasteiger partial charge in [-0.15, -0.1) is 0 Å². The minimum atomic E-state index is -6.16. The van der Waals surface area contributed by atoms with Gasteiger partial charge in [-0.05, 0) is 41.5 Å². The second kappa shape index (κ2) is 9.04. The summed E-state index contributed by atoms with van der Waals surface area (Å²) in [4.78, 5) is 0. The van der Waals surface area contributed by atoms with Crippen LogP contribution in [0.3, 0.4) is 0 Å². The first kappa shape index (κ1) is 25.9. The van der Waals surface area contributed by atoms with E-state index in [1.807, 2.05) is 0 Å². The molecule has 12 heteroatoms. The molecule has 0 aromatic heterocycles. The fourth-order valence-electron chi connectivity index (χ4n) is 3.94. The van der Waals surface area contributed by atoms with Crippen molar-refractivity contribution in [2.45, 2.75) is 30.4 Å². The van der Waals surface area contributed by atoms with Gasteiger partial charge < -0.3 is 5.11 Å². The molecule has 0 fully saturated rings. The number of benzene rings is 3. The van der Waals surface area contributed by atoms with E-state index in [2.05, 4.69) is 5.10 Å². The molecule has 3 aromatic carbocycles. The maximum atomic E-state index is 15.3. The molecule has 0 spiro atoms. The SMILES string of the molecule is OC(C1=NN(c2ccccc2Cl)C(c2ccc(-c3ccc(F)cc3)cc2F)C1)(C(F)(F)F)C(F)(F)F. The van der Waals surface area contributed by atoms with E-state index >= 15 is 4.39 Å². The summed E-state index contributed by atoms with van der Waals surface area (Å²) in [6, 6.07) is 12.6. The van der Waals surface area contributed by atoms with Gasteiger partial charge >= 0.3 is 12.4 Å². The summed E-state index contributed by atoms with van der Waals surface area (Å²) in [5, 5.41) is 14.0. The van der Waals surface area contributed by atoms with E-state index in [-0.39, 0.29) is 16.3 Å². The van der Waals surface area contributed by atoms with Crippen LogP contribution in [0.25, 0.3) is 11.1 Å². The third-order valence-corrected chi connectivity index (χ3v) is 6.10. The second-order valence-electron chi connectivity index (χ2n) is 8.01. The van der Waals surface area contributed by atoms with E-state index in [0.717, 1.165) is 23.2 Å². The summed E-state index contributed by atoms with van der Waals surface area (Å²) < 4.78 is 110. The van der Waals surface area contributed by atoms with E-state index in [1.54, 1.807) is 0 Å². The van der Waals surface area contributed by atoms with Crippen LogP contribution in [0.2, 0.25) is 5.02 Å². The van der Waals surface area contributed by atoms with Crippen molar-refractivity contribution in [3.63, 3.8) is 0 Å². The lowest BCUT2D eigenvalue weighted by Gasteiger charge is -2.32. The Morgan fingerprint density at radius 2 is 1.42 bits per heavy atom. The minimum absolute atomic E-state index is 0.0709. The Balaban J connectivity index is 1.83. The van der Waals surface area contributed by atoms with Gasteiger partial charge in [-0.2, -0.15) is 31.4 Å². The Hall–Kier alpha value is -3.18. The summed E-state index contributed by atoms with van der Waals surface area (Å²) >= 11 is 6.11. The molecule has 1 unspecified atom stereocenters. The molecule has 0 saturated carbocycles. The highest BCUT2D eigenvalue weighted by molar-refractivity contribution is 6.33. The van der Waals surface area contributed by atoms with Gasteiger partial charge in [0.15, 0.2) is 0 Å². The summed E-state index contributed by atoms with van der Waals surface area (Å²) in [5.41, 5.74) is -6.58. The van der Waals surface area contributed by atoms with Crippen LogP contribution in [0, 0.1) is 11.6 Å². The van der Waals surface area contributed by atoms with Gasteiger partial charge in [-0.3, -0.25) is 5.01 Å². The third-order valence-electron chi connectivity index (χ3n) is 5.78. The molecule has 0 saturated heterocycles. The number of alkyl halides is 6. The van der Waals surface area contributed by atoms with E-state index < -0.39 is 47.8 Å². The van der Waals surface area contributed by atoms with Gasteiger partial charge in [0.05, 0.1) is 22.5 Å². The van der Waals surface area contributed by atoms with Crippen molar-refractivity contribution in [1.29, 1.82) is 0 Å². The monoisotopic (exact) mass is 534 g/mol. The van der Waals surface area contributed by atoms with Crippen LogP contribution in [-0.4, -0.2) is 28.8 Å². The zero-order valence-corrected chi connectivity index (χ0v) is 18.6. The molecule has 190 valence electrons. The van der Waals surface area contributed by atoms with Gasteiger partial charge in [-0.25, -0.2) is 8.78 Å². The molecule has 1 N–H and O–H groups in total. The highest BCUT2D eigenvalue weighted by Crippen LogP contribution is 2.49. The number of aliphatic hydroxyl groups is 1. The molecule has 0 aliphatic carbocycles. The predicted octanol–water partition coefficient (Wildman–Crippen LogP) is 7.45. The van der Waals surface area contributed by atoms with E-state index in [4.69, 9.17) is 11.6 Å². The van der Waals surface area contributed by atoms with Gasteiger partial charge in [0.1, 0.15) is 11.6 Å². The maximum Gasteiger partial charge on any atom is 0.431 e. The summed E-state index contributed by atoms with van der Waals surface area (Å²) in [6.45, 7) is 0. The van der Waals surface area contributed by atoms with Crippen molar-refractivity contribution in [1.82, 2.24) is 0 Å². The Morgan fingerprint density at radius 1 is 0.833 bits per heavy atom. The van der Waals surface area contributed by atoms with Crippen molar-refractivity contribution in [2.75, 3.05) is 5.01 Å². The topological polar surface area (TPSA) is 35.8 Å². The zero-order valence-electron chi connectivity index (χ0n) is 17.9. The van der Waals surface area contributed by atoms with Gasteiger partial charge in [0, 0.05) is 12.0 Å². The Kier molecular flexibility index (Phi) is 6.50. The van der Waals surface area contributed by atoms with Crippen LogP contribution < -0.4 is 5.01 Å². The van der Waals surface area contributed by atoms with Gasteiger partial charge in [0.25, 0.3) is 5.60 Å². The van der Waals surface area contributed by atoms with Crippen molar-refractivity contribution in [3.8, 4) is 11.1 Å². The van der Waals surface area contributed by atoms with Crippen LogP contribution in [0.4, 0.5) is 40.8 Å². The van der Waals surface area contributed by atoms with Crippen LogP contribution in [-0.2, 0) is 0 Å². The minimum Gasteiger partial charge on any atom is -0.369 e. The molecule has 3 nitrogen and oxygen atoms in total. The lowest BCUT2D eigenvalue weighted by molar-refractivity contribution is -0.338. The highest BCUT2D eigenvalue weighted by atomic mass is 35.5. The zero-order chi connectivity index (χ0) is 26.5. The second-order valence-corrected chi connectivity index (χ2v) is 8.42. The molecule has 0 bridgehead atoms. The average molecular weight is 535 g/mol. The normalized spacial score (nSPS) is 16.9. The Bertz CT molecular complexity index is 1290. The van der Waals surface area contributed by atoms with Crippen LogP contribution in [0.1, 0.15) is 18.0 Å². The standard InChI is InChI=1S/C24H15ClF8N2O/c25-17-3-1-2-4-19(17)35-20(12-21(34-35)22(36,23(28,29)30)24(31,32)33)16-10-7-14(11-18(16)27)13-5-8-15(26)9-6-13/h1-11,20,36H,12H2. The highest BCUT2D eigenvalue weighted by Gasteiger charge is 2.74. The first-order chi connectivity index (χ1) is 16.7. The first-order valence-electron chi connectivity index (χ1n) is 10.3. The summed E-state index contributed by atoms with van der Waals surface area (Å²) in [5.74, 6) is -1.48. The number of para-hydroxylation sites is 1. The first-order valence-corrected chi connectivity index (χ1v) is 10.6. The molecule has 0 radical (unpaired) electrons. The molecule has 1 atom stereocenters. The number of hydrogen-bond donors (Lipinski definition) is 1. The van der Waals surface area contributed by atoms with E-state index in [0.29, 0.717) is 11.1 Å². The number of hydrogen-bond acceptors (Lipinski definition) is 3. The van der Waals surface area contributed by atoms with Crippen molar-refractivity contribution < 1.29 is 40.2 Å². The molecule has 1 heterocycles. The summed E-state index contributed by atoms with van der Waals surface area (Å²) in [6.07, 6.45) is -13.4. The number of hydrazone groups is 1. The van der Waals surface area contributed by atoms with Crippen molar-refractivity contribution in [2.24, 2.45) is 5.10 Å². The van der Waals surface area contributed by atoms with Gasteiger partial charge in [0.2, 0.25) is 0 Å². The van der Waals surface area contributed by atoms with Crippen LogP contribution in [0.5, 0.6) is 0 Å². The lowest BCUT2D eigenvalue weighted by atomic mass is 9.89. The predicted molar refractivity (Wildman–Crippen MR) is 118 cm³/mol. The van der Waals surface area contributed by atoms with E-state index in [9.17, 15) is 35.8 Å². The van der Waals surface area contributed by atoms with Crippen molar-refractivity contribution in [3.05, 3.63) is 89.0 Å². The van der Waals surface area contributed by atoms with Crippen LogP contribution >= 0.6 is 11.6 Å². The van der Waals surface area contributed by atoms with Gasteiger partial charge in [-0.1, -0.05) is 48.0 Å². The largest absolute Gasteiger partial charge is 0.431 e. The third kappa shape index (κ3) is 4.41. The Morgan fingerprint density at radius 3 is 1.97 bits per heavy atom. The molecule has 0 amide bonds. The van der Waals surface area contributed by atoms with Crippen LogP contribution in [0.15, 0.2) is 71.8 Å².